The lowest BCUT2D eigenvalue weighted by atomic mass is 9.85. The molecule has 4 atom stereocenters. The summed E-state index contributed by atoms with van der Waals surface area (Å²) in [4.78, 5) is 64.0. The standard InChI is InChI=1S/C44H59Cl2N7O7/c1-42(2,3)58-39(55)33-22-26(17-20-48-33)16-19-44(7,8)59-40(56)35-23-29(18-21-53(35)41(57)60-43(4,5)6)51-38(54)28-14-12-27(13-15-28)34-25-49-36(47)37(52-34)50-24-30-31(45)10-9-11-32(30)46/h9-15,25-26,29,33,35,48H,16-24H2,1-8H3,(H2,47,49)(H,50,52)(H,51,54). The number of esters is 2. The van der Waals surface area contributed by atoms with E-state index in [9.17, 15) is 19.2 Å². The van der Waals surface area contributed by atoms with Crippen molar-refractivity contribution in [1.29, 1.82) is 0 Å². The summed E-state index contributed by atoms with van der Waals surface area (Å²) in [5.41, 5.74) is 6.23. The van der Waals surface area contributed by atoms with Gasteiger partial charge in [0.25, 0.3) is 5.91 Å². The molecule has 14 nitrogen and oxygen atoms in total. The molecule has 326 valence electrons. The number of hydrogen-bond donors (Lipinski definition) is 4. The van der Waals surface area contributed by atoms with E-state index in [0.717, 1.165) is 12.8 Å². The Morgan fingerprint density at radius 2 is 1.55 bits per heavy atom. The van der Waals surface area contributed by atoms with Crippen LogP contribution in [0.5, 0.6) is 0 Å². The first kappa shape index (κ1) is 46.4. The average molecular weight is 869 g/mol. The van der Waals surface area contributed by atoms with Gasteiger partial charge in [0.2, 0.25) is 0 Å². The highest BCUT2D eigenvalue weighted by atomic mass is 35.5. The second-order valence-corrected chi connectivity index (χ2v) is 19.0. The van der Waals surface area contributed by atoms with E-state index in [1.54, 1.807) is 69.4 Å². The Balaban J connectivity index is 1.21. The predicted molar refractivity (Wildman–Crippen MR) is 233 cm³/mol. The molecular formula is C44H59Cl2N7O7. The van der Waals surface area contributed by atoms with Crippen molar-refractivity contribution < 1.29 is 33.4 Å². The Morgan fingerprint density at radius 3 is 2.20 bits per heavy atom. The van der Waals surface area contributed by atoms with Crippen LogP contribution in [0.3, 0.4) is 0 Å². The maximum Gasteiger partial charge on any atom is 0.411 e. The molecule has 2 aliphatic rings. The van der Waals surface area contributed by atoms with Crippen LogP contribution in [0.15, 0.2) is 48.7 Å². The number of nitrogen functional groups attached to an aromatic ring is 1. The molecule has 2 amide bonds. The number of carbonyl (C=O) groups is 4. The summed E-state index contributed by atoms with van der Waals surface area (Å²) in [5.74, 6) is -0.368. The van der Waals surface area contributed by atoms with Gasteiger partial charge in [0.05, 0.1) is 11.9 Å². The van der Waals surface area contributed by atoms with Crippen LogP contribution in [0.2, 0.25) is 10.0 Å². The van der Waals surface area contributed by atoms with E-state index >= 15 is 0 Å². The number of aromatic nitrogens is 2. The van der Waals surface area contributed by atoms with Gasteiger partial charge in [0.1, 0.15) is 28.9 Å². The third-order valence-corrected chi connectivity index (χ3v) is 11.0. The first-order valence-electron chi connectivity index (χ1n) is 20.5. The number of rotatable bonds is 12. The van der Waals surface area contributed by atoms with E-state index in [1.807, 2.05) is 34.6 Å². The van der Waals surface area contributed by atoms with Crippen molar-refractivity contribution >= 4 is 58.8 Å². The maximum absolute atomic E-state index is 14.0. The van der Waals surface area contributed by atoms with Gasteiger partial charge in [0, 0.05) is 45.9 Å². The summed E-state index contributed by atoms with van der Waals surface area (Å²) in [5, 5.41) is 10.5. The van der Waals surface area contributed by atoms with Crippen molar-refractivity contribution in [3.63, 3.8) is 0 Å². The van der Waals surface area contributed by atoms with E-state index < -0.39 is 40.9 Å². The Labute approximate surface area is 363 Å². The zero-order valence-corrected chi connectivity index (χ0v) is 37.3. The first-order chi connectivity index (χ1) is 28.1. The maximum atomic E-state index is 14.0. The minimum Gasteiger partial charge on any atom is -0.459 e. The Kier molecular flexibility index (Phi) is 15.0. The van der Waals surface area contributed by atoms with Crippen molar-refractivity contribution in [1.82, 2.24) is 25.5 Å². The molecule has 1 aromatic heterocycles. The number of ether oxygens (including phenoxy) is 3. The number of nitrogens with one attached hydrogen (secondary N) is 3. The summed E-state index contributed by atoms with van der Waals surface area (Å²) in [6.45, 7) is 15.7. The van der Waals surface area contributed by atoms with Gasteiger partial charge in [-0.1, -0.05) is 41.4 Å². The lowest BCUT2D eigenvalue weighted by Gasteiger charge is -2.40. The molecule has 5 N–H and O–H groups in total. The van der Waals surface area contributed by atoms with Crippen LogP contribution in [0.1, 0.15) is 110 Å². The first-order valence-corrected chi connectivity index (χ1v) is 21.2. The average Bonchev–Trinajstić information content (AvgIpc) is 3.16. The fourth-order valence-electron chi connectivity index (χ4n) is 7.21. The fourth-order valence-corrected chi connectivity index (χ4v) is 7.75. The summed E-state index contributed by atoms with van der Waals surface area (Å²) in [6, 6.07) is 10.3. The molecule has 0 saturated carbocycles. The summed E-state index contributed by atoms with van der Waals surface area (Å²) < 4.78 is 17.4. The Morgan fingerprint density at radius 1 is 0.883 bits per heavy atom. The van der Waals surface area contributed by atoms with E-state index in [2.05, 4.69) is 25.9 Å². The SMILES string of the molecule is CC(C)(C)OC(=O)C1CC(CCC(C)(C)OC(=O)C2CC(NC(=O)c3ccc(-c4cnc(N)c(NCc5c(Cl)cccc5Cl)n4)cc3)CCN2C(=O)OC(C)(C)C)CCN1. The topological polar surface area (TPSA) is 187 Å². The largest absolute Gasteiger partial charge is 0.459 e. The van der Waals surface area contributed by atoms with Crippen LogP contribution in [0.4, 0.5) is 16.4 Å². The van der Waals surface area contributed by atoms with Crippen LogP contribution in [0, 0.1) is 5.92 Å². The minimum absolute atomic E-state index is 0.139. The third kappa shape index (κ3) is 13.2. The van der Waals surface area contributed by atoms with Crippen LogP contribution >= 0.6 is 23.2 Å². The number of carbonyl (C=O) groups excluding carboxylic acids is 4. The van der Waals surface area contributed by atoms with Crippen molar-refractivity contribution in [3.05, 3.63) is 69.8 Å². The van der Waals surface area contributed by atoms with Crippen molar-refractivity contribution in [2.45, 2.75) is 135 Å². The summed E-state index contributed by atoms with van der Waals surface area (Å²) in [6.07, 6.45) is 4.28. The number of nitrogens with zero attached hydrogens (tertiary/aromatic N) is 3. The van der Waals surface area contributed by atoms with Gasteiger partial charge >= 0.3 is 18.0 Å². The molecule has 4 unspecified atom stereocenters. The Hall–Kier alpha value is -4.66. The number of nitrogens with two attached hydrogens (primary N) is 1. The fraction of sp³-hybridized carbons (Fsp3) is 0.545. The lowest BCUT2D eigenvalue weighted by Crippen LogP contribution is -2.57. The quantitative estimate of drug-likeness (QED) is 0.102. The number of benzene rings is 2. The van der Waals surface area contributed by atoms with Gasteiger partial charge < -0.3 is 35.9 Å². The molecule has 2 aromatic carbocycles. The molecule has 60 heavy (non-hydrogen) atoms. The number of anilines is 2. The Bertz CT molecular complexity index is 2000. The number of halogens is 2. The molecular weight excluding hydrogens is 809 g/mol. The van der Waals surface area contributed by atoms with Gasteiger partial charge in [-0.2, -0.15) is 0 Å². The van der Waals surface area contributed by atoms with E-state index in [0.29, 0.717) is 64.1 Å². The molecule has 5 rings (SSSR count). The molecule has 2 fully saturated rings. The molecule has 3 heterocycles. The van der Waals surface area contributed by atoms with Crippen LogP contribution in [-0.2, 0) is 30.3 Å². The second-order valence-electron chi connectivity index (χ2n) is 18.2. The van der Waals surface area contributed by atoms with Crippen molar-refractivity contribution in [2.24, 2.45) is 5.92 Å². The van der Waals surface area contributed by atoms with Crippen molar-refractivity contribution in [2.75, 3.05) is 24.1 Å². The number of likely N-dealkylation sites (tertiary alicyclic amines) is 1. The molecule has 2 aliphatic heterocycles. The molecule has 16 heteroatoms. The van der Waals surface area contributed by atoms with Gasteiger partial charge in [-0.25, -0.2) is 19.6 Å². The van der Waals surface area contributed by atoms with E-state index in [-0.39, 0.29) is 49.2 Å². The molecule has 2 saturated heterocycles. The smallest absolute Gasteiger partial charge is 0.411 e. The highest BCUT2D eigenvalue weighted by Gasteiger charge is 2.42. The summed E-state index contributed by atoms with van der Waals surface area (Å²) >= 11 is 12.7. The van der Waals surface area contributed by atoms with Crippen LogP contribution in [0.25, 0.3) is 11.3 Å². The van der Waals surface area contributed by atoms with E-state index in [1.165, 1.54) is 4.90 Å². The van der Waals surface area contributed by atoms with E-state index in [4.69, 9.17) is 43.1 Å². The number of hydrogen-bond acceptors (Lipinski definition) is 12. The van der Waals surface area contributed by atoms with Gasteiger partial charge in [-0.15, -0.1) is 0 Å². The lowest BCUT2D eigenvalue weighted by molar-refractivity contribution is -0.165. The zero-order chi connectivity index (χ0) is 44.0. The summed E-state index contributed by atoms with van der Waals surface area (Å²) in [7, 11) is 0. The minimum atomic E-state index is -0.989. The molecule has 0 bridgehead atoms. The van der Waals surface area contributed by atoms with Gasteiger partial charge in [0.15, 0.2) is 11.6 Å². The zero-order valence-electron chi connectivity index (χ0n) is 35.8. The molecule has 0 spiro atoms. The predicted octanol–water partition coefficient (Wildman–Crippen LogP) is 7.95. The van der Waals surface area contributed by atoms with Crippen molar-refractivity contribution in [3.8, 4) is 11.3 Å². The highest BCUT2D eigenvalue weighted by Crippen LogP contribution is 2.31. The third-order valence-electron chi connectivity index (χ3n) is 10.3. The van der Waals surface area contributed by atoms with Crippen LogP contribution < -0.4 is 21.7 Å². The molecule has 0 aliphatic carbocycles. The molecule has 0 radical (unpaired) electrons. The molecule has 3 aromatic rings. The van der Waals surface area contributed by atoms with Gasteiger partial charge in [-0.3, -0.25) is 14.5 Å². The second kappa shape index (κ2) is 19.4. The number of piperidine rings is 2. The van der Waals surface area contributed by atoms with Gasteiger partial charge in [-0.05, 0) is 131 Å². The monoisotopic (exact) mass is 867 g/mol. The highest BCUT2D eigenvalue weighted by molar-refractivity contribution is 6.36. The van der Waals surface area contributed by atoms with Crippen LogP contribution in [-0.4, -0.2) is 86.8 Å². The normalized spacial score (nSPS) is 19.9. The number of amides is 2.